The summed E-state index contributed by atoms with van der Waals surface area (Å²) in [6, 6.07) is 17.1. The summed E-state index contributed by atoms with van der Waals surface area (Å²) in [5.74, 6) is 0.888. The number of nitrogens with zero attached hydrogens (tertiary/aromatic N) is 4. The van der Waals surface area contributed by atoms with E-state index in [1.807, 2.05) is 36.2 Å². The molecule has 1 aliphatic rings. The lowest BCUT2D eigenvalue weighted by atomic mass is 10.1. The molecule has 0 unspecified atom stereocenters. The first kappa shape index (κ1) is 18.3. The van der Waals surface area contributed by atoms with E-state index in [4.69, 9.17) is 14.4 Å². The molecular formula is C23H19FN4O2. The Morgan fingerprint density at radius 2 is 1.63 bits per heavy atom. The van der Waals surface area contributed by atoms with Gasteiger partial charge in [0.1, 0.15) is 11.6 Å². The number of rotatable bonds is 2. The number of hydrogen-bond acceptors (Lipinski definition) is 5. The minimum atomic E-state index is -0.398. The Kier molecular flexibility index (Phi) is 4.43. The van der Waals surface area contributed by atoms with Crippen LogP contribution in [0.1, 0.15) is 17.0 Å². The Balaban J connectivity index is 1.56. The molecule has 5 rings (SSSR count). The van der Waals surface area contributed by atoms with E-state index < -0.39 is 5.82 Å². The maximum atomic E-state index is 14.1. The van der Waals surface area contributed by atoms with Crippen molar-refractivity contribution in [3.05, 3.63) is 72.2 Å². The number of carbonyl (C=O) groups is 1. The predicted octanol–water partition coefficient (Wildman–Crippen LogP) is 4.52. The highest BCUT2D eigenvalue weighted by atomic mass is 19.1. The molecule has 4 aromatic rings. The third-order valence-electron chi connectivity index (χ3n) is 5.23. The van der Waals surface area contributed by atoms with Crippen molar-refractivity contribution in [1.82, 2.24) is 9.97 Å². The maximum absolute atomic E-state index is 14.1. The van der Waals surface area contributed by atoms with Gasteiger partial charge in [-0.2, -0.15) is 0 Å². The number of amides is 1. The van der Waals surface area contributed by atoms with Crippen LogP contribution >= 0.6 is 0 Å². The first-order valence-corrected chi connectivity index (χ1v) is 9.76. The van der Waals surface area contributed by atoms with Gasteiger partial charge in [0.25, 0.3) is 5.91 Å². The average molecular weight is 402 g/mol. The van der Waals surface area contributed by atoms with E-state index in [1.54, 1.807) is 35.2 Å². The second kappa shape index (κ2) is 7.26. The number of hydrogen-bond donors (Lipinski definition) is 0. The van der Waals surface area contributed by atoms with Crippen LogP contribution in [-0.4, -0.2) is 36.0 Å². The molecule has 150 valence electrons. The van der Waals surface area contributed by atoms with Crippen LogP contribution < -0.4 is 9.80 Å². The van der Waals surface area contributed by atoms with Crippen LogP contribution in [0, 0.1) is 5.82 Å². The fourth-order valence-corrected chi connectivity index (χ4v) is 3.69. The lowest BCUT2D eigenvalue weighted by Crippen LogP contribution is -2.32. The number of anilines is 2. The summed E-state index contributed by atoms with van der Waals surface area (Å²) in [5, 5.41) is 0. The number of aromatic nitrogens is 2. The molecule has 0 N–H and O–H groups in total. The number of fused-ring (bicyclic) bond motifs is 2. The number of benzene rings is 2. The lowest BCUT2D eigenvalue weighted by molar-refractivity contribution is 0.0960. The molecule has 3 heterocycles. The van der Waals surface area contributed by atoms with Gasteiger partial charge in [-0.25, -0.2) is 14.4 Å². The molecule has 0 aliphatic carbocycles. The first-order valence-electron chi connectivity index (χ1n) is 9.76. The Morgan fingerprint density at radius 3 is 2.40 bits per heavy atom. The van der Waals surface area contributed by atoms with Gasteiger partial charge in [-0.3, -0.25) is 9.69 Å². The maximum Gasteiger partial charge on any atom is 0.295 e. The highest BCUT2D eigenvalue weighted by molar-refractivity contribution is 6.06. The second-order valence-electron chi connectivity index (χ2n) is 7.24. The van der Waals surface area contributed by atoms with Crippen molar-refractivity contribution in [2.24, 2.45) is 0 Å². The van der Waals surface area contributed by atoms with Crippen molar-refractivity contribution in [1.29, 1.82) is 0 Å². The monoisotopic (exact) mass is 402 g/mol. The number of carbonyl (C=O) groups excluding carboxylic acids is 1. The number of halogens is 1. The van der Waals surface area contributed by atoms with Crippen molar-refractivity contribution in [2.75, 3.05) is 29.9 Å². The molecule has 0 atom stereocenters. The highest BCUT2D eigenvalue weighted by Gasteiger charge is 2.29. The Hall–Kier alpha value is -3.74. The molecule has 30 heavy (non-hydrogen) atoms. The lowest BCUT2D eigenvalue weighted by Gasteiger charge is -2.22. The van der Waals surface area contributed by atoms with E-state index in [9.17, 15) is 9.18 Å². The summed E-state index contributed by atoms with van der Waals surface area (Å²) in [6.07, 6.45) is 0.761. The zero-order valence-electron chi connectivity index (χ0n) is 16.4. The van der Waals surface area contributed by atoms with E-state index in [0.717, 1.165) is 24.0 Å². The van der Waals surface area contributed by atoms with Gasteiger partial charge in [-0.1, -0.05) is 24.3 Å². The van der Waals surface area contributed by atoms with Gasteiger partial charge in [0, 0.05) is 20.1 Å². The van der Waals surface area contributed by atoms with Crippen LogP contribution in [0.5, 0.6) is 0 Å². The Labute approximate surface area is 172 Å². The molecule has 7 heteroatoms. The number of furan rings is 1. The summed E-state index contributed by atoms with van der Waals surface area (Å²) in [6.45, 7) is 1.24. The van der Waals surface area contributed by atoms with Crippen LogP contribution in [0.15, 0.2) is 65.1 Å². The molecule has 1 aliphatic heterocycles. The minimum absolute atomic E-state index is 0.138. The SMILES string of the molecule is CN1CCCN(C(=O)c2ccc(-c3ccccc3F)o2)c2nc3ccccc3nc21. The summed E-state index contributed by atoms with van der Waals surface area (Å²) < 4.78 is 19.8. The Morgan fingerprint density at radius 1 is 0.933 bits per heavy atom. The van der Waals surface area contributed by atoms with Gasteiger partial charge in [0.15, 0.2) is 17.4 Å². The molecular weight excluding hydrogens is 383 g/mol. The molecule has 1 amide bonds. The second-order valence-corrected chi connectivity index (χ2v) is 7.24. The molecule has 6 nitrogen and oxygen atoms in total. The standard InChI is InChI=1S/C23H19FN4O2/c1-27-13-6-14-28(22-21(27)25-17-9-4-5-10-18(17)26-22)23(29)20-12-11-19(30-20)15-7-2-3-8-16(15)24/h2-5,7-12H,6,13-14H2,1H3. The molecule has 2 aromatic carbocycles. The third-order valence-corrected chi connectivity index (χ3v) is 5.23. The van der Waals surface area contributed by atoms with Crippen LogP contribution in [0.25, 0.3) is 22.4 Å². The van der Waals surface area contributed by atoms with Crippen LogP contribution in [0.2, 0.25) is 0 Å². The minimum Gasteiger partial charge on any atom is -0.451 e. The fourth-order valence-electron chi connectivity index (χ4n) is 3.69. The van der Waals surface area contributed by atoms with E-state index in [2.05, 4.69) is 0 Å². The normalized spacial score (nSPS) is 13.9. The van der Waals surface area contributed by atoms with Gasteiger partial charge >= 0.3 is 0 Å². The van der Waals surface area contributed by atoms with Crippen molar-refractivity contribution in [2.45, 2.75) is 6.42 Å². The Bertz CT molecular complexity index is 1250. The zero-order valence-corrected chi connectivity index (χ0v) is 16.4. The first-order chi connectivity index (χ1) is 14.6. The van der Waals surface area contributed by atoms with Gasteiger partial charge in [-0.15, -0.1) is 0 Å². The van der Waals surface area contributed by atoms with E-state index in [0.29, 0.717) is 29.5 Å². The molecule has 0 saturated heterocycles. The van der Waals surface area contributed by atoms with Gasteiger partial charge in [0.05, 0.1) is 16.6 Å². The van der Waals surface area contributed by atoms with E-state index in [1.165, 1.54) is 6.07 Å². The largest absolute Gasteiger partial charge is 0.451 e. The van der Waals surface area contributed by atoms with Gasteiger partial charge in [0.2, 0.25) is 0 Å². The molecule has 0 radical (unpaired) electrons. The van der Waals surface area contributed by atoms with E-state index in [-0.39, 0.29) is 11.7 Å². The average Bonchev–Trinajstić information content (AvgIpc) is 3.19. The number of para-hydroxylation sites is 2. The molecule has 2 aromatic heterocycles. The fraction of sp³-hybridized carbons (Fsp3) is 0.174. The topological polar surface area (TPSA) is 62.5 Å². The van der Waals surface area contributed by atoms with Gasteiger partial charge in [-0.05, 0) is 42.8 Å². The van der Waals surface area contributed by atoms with Crippen molar-refractivity contribution in [3.63, 3.8) is 0 Å². The zero-order chi connectivity index (χ0) is 20.7. The summed E-state index contributed by atoms with van der Waals surface area (Å²) >= 11 is 0. The third kappa shape index (κ3) is 3.08. The van der Waals surface area contributed by atoms with Crippen molar-refractivity contribution >= 4 is 28.6 Å². The van der Waals surface area contributed by atoms with Crippen molar-refractivity contribution < 1.29 is 13.6 Å². The smallest absolute Gasteiger partial charge is 0.295 e. The van der Waals surface area contributed by atoms with Gasteiger partial charge < -0.3 is 9.32 Å². The molecule has 0 spiro atoms. The van der Waals surface area contributed by atoms with E-state index >= 15 is 0 Å². The summed E-state index contributed by atoms with van der Waals surface area (Å²) in [4.78, 5) is 26.4. The predicted molar refractivity (Wildman–Crippen MR) is 113 cm³/mol. The molecule has 0 bridgehead atoms. The van der Waals surface area contributed by atoms with Crippen LogP contribution in [-0.2, 0) is 0 Å². The molecule has 0 fully saturated rings. The van der Waals surface area contributed by atoms with Crippen molar-refractivity contribution in [3.8, 4) is 11.3 Å². The van der Waals surface area contributed by atoms with Crippen LogP contribution in [0.4, 0.5) is 16.0 Å². The quantitative estimate of drug-likeness (QED) is 0.493. The summed E-state index contributed by atoms with van der Waals surface area (Å²) in [7, 11) is 1.94. The highest BCUT2D eigenvalue weighted by Crippen LogP contribution is 2.32. The molecule has 0 saturated carbocycles. The van der Waals surface area contributed by atoms with Crippen LogP contribution in [0.3, 0.4) is 0 Å². The summed E-state index contributed by atoms with van der Waals surface area (Å²) in [5.41, 5.74) is 1.81.